The van der Waals surface area contributed by atoms with Gasteiger partial charge in [-0.05, 0) is 30.7 Å². The molecule has 0 aliphatic carbocycles. The summed E-state index contributed by atoms with van der Waals surface area (Å²) in [7, 11) is -3.60. The first kappa shape index (κ1) is 26.9. The van der Waals surface area contributed by atoms with E-state index in [9.17, 15) is 18.0 Å². The van der Waals surface area contributed by atoms with Gasteiger partial charge in [-0.15, -0.1) is 0 Å². The Hall–Kier alpha value is -3.31. The number of nitrogens with zero attached hydrogens (tertiary/aromatic N) is 4. The minimum atomic E-state index is -3.60. The molecule has 11 nitrogen and oxygen atoms in total. The summed E-state index contributed by atoms with van der Waals surface area (Å²) in [6.45, 7) is 3.58. The maximum absolute atomic E-state index is 12.5. The molecule has 0 atom stereocenters. The Morgan fingerprint density at radius 2 is 1.74 bits per heavy atom. The van der Waals surface area contributed by atoms with Crippen molar-refractivity contribution < 1.29 is 27.5 Å². The van der Waals surface area contributed by atoms with Gasteiger partial charge in [0.05, 0.1) is 42.6 Å². The predicted molar refractivity (Wildman–Crippen MR) is 124 cm³/mol. The molecule has 0 saturated carbocycles. The summed E-state index contributed by atoms with van der Waals surface area (Å²) in [6, 6.07) is 7.83. The van der Waals surface area contributed by atoms with E-state index in [0.717, 1.165) is 5.56 Å². The molecule has 182 valence electrons. The fourth-order valence-electron chi connectivity index (χ4n) is 2.76. The van der Waals surface area contributed by atoms with E-state index in [0.29, 0.717) is 19.8 Å². The molecule has 1 heterocycles. The fraction of sp³-hybridized carbons (Fsp3) is 0.409. The molecule has 0 spiro atoms. The largest absolute Gasteiger partial charge is 0.379 e. The number of carbonyl (C=O) groups is 2. The Morgan fingerprint density at radius 1 is 1.06 bits per heavy atom. The number of aromatic nitrogens is 1. The van der Waals surface area contributed by atoms with Gasteiger partial charge >= 0.3 is 0 Å². The topological polar surface area (TPSA) is 160 Å². The number of benzene rings is 1. The molecule has 0 fully saturated rings. The number of azide groups is 1. The minimum Gasteiger partial charge on any atom is -0.379 e. The fourth-order valence-corrected chi connectivity index (χ4v) is 4.00. The third-order valence-corrected chi connectivity index (χ3v) is 6.34. The summed E-state index contributed by atoms with van der Waals surface area (Å²) in [4.78, 5) is 31.5. The highest BCUT2D eigenvalue weighted by atomic mass is 32.2. The average molecular weight is 490 g/mol. The smallest absolute Gasteiger partial charge is 0.252 e. The number of hydrogen-bond acceptors (Lipinski definition) is 8. The van der Waals surface area contributed by atoms with Gasteiger partial charge in [0.1, 0.15) is 0 Å². The number of pyridine rings is 1. The van der Waals surface area contributed by atoms with Crippen LogP contribution in [-0.2, 0) is 19.3 Å². The van der Waals surface area contributed by atoms with Gasteiger partial charge in [-0.2, -0.15) is 0 Å². The van der Waals surface area contributed by atoms with Crippen LogP contribution in [0, 0.1) is 6.92 Å². The van der Waals surface area contributed by atoms with Crippen LogP contribution in [0.5, 0.6) is 0 Å². The van der Waals surface area contributed by atoms with Crippen LogP contribution in [0.3, 0.4) is 0 Å². The molecule has 0 bridgehead atoms. The van der Waals surface area contributed by atoms with E-state index in [-0.39, 0.29) is 47.9 Å². The molecule has 2 rings (SSSR count). The summed E-state index contributed by atoms with van der Waals surface area (Å²) in [5.41, 5.74) is 9.43. The van der Waals surface area contributed by atoms with Crippen molar-refractivity contribution in [1.82, 2.24) is 10.3 Å². The number of nitrogens with one attached hydrogen (secondary N) is 1. The van der Waals surface area contributed by atoms with E-state index in [4.69, 9.17) is 15.0 Å². The third kappa shape index (κ3) is 9.28. The molecule has 1 N–H and O–H groups in total. The quantitative estimate of drug-likeness (QED) is 0.132. The van der Waals surface area contributed by atoms with Crippen molar-refractivity contribution >= 4 is 21.5 Å². The summed E-state index contributed by atoms with van der Waals surface area (Å²) >= 11 is 0. The van der Waals surface area contributed by atoms with E-state index < -0.39 is 21.5 Å². The lowest BCUT2D eigenvalue weighted by atomic mass is 10.1. The van der Waals surface area contributed by atoms with E-state index >= 15 is 0 Å². The second-order valence-electron chi connectivity index (χ2n) is 7.20. The van der Waals surface area contributed by atoms with Crippen molar-refractivity contribution in [2.24, 2.45) is 5.11 Å². The van der Waals surface area contributed by atoms with Crippen LogP contribution in [0.25, 0.3) is 10.4 Å². The second-order valence-corrected chi connectivity index (χ2v) is 9.31. The average Bonchev–Trinajstić information content (AvgIpc) is 2.84. The minimum absolute atomic E-state index is 0.166. The molecular weight excluding hydrogens is 462 g/mol. The first-order valence-corrected chi connectivity index (χ1v) is 12.2. The maximum Gasteiger partial charge on any atom is 0.252 e. The van der Waals surface area contributed by atoms with Gasteiger partial charge in [0.2, 0.25) is 0 Å². The molecule has 1 aromatic carbocycles. The van der Waals surface area contributed by atoms with Crippen molar-refractivity contribution in [3.05, 3.63) is 69.9 Å². The summed E-state index contributed by atoms with van der Waals surface area (Å²) in [5, 5.41) is 5.99. The number of aryl methyl sites for hydroxylation is 1. The SMILES string of the molecule is Cc1ccc(S(=O)(=O)CCC(=O)c2cncc(C(=O)NCCOCCOCCN=[N+]=[N-])c2)cc1. The number of ether oxygens (including phenoxy) is 2. The first-order valence-electron chi connectivity index (χ1n) is 10.6. The number of ketones is 1. The normalized spacial score (nSPS) is 11.0. The van der Waals surface area contributed by atoms with Gasteiger partial charge < -0.3 is 14.8 Å². The van der Waals surface area contributed by atoms with Crippen LogP contribution >= 0.6 is 0 Å². The third-order valence-electron chi connectivity index (χ3n) is 4.60. The van der Waals surface area contributed by atoms with Crippen molar-refractivity contribution in [2.75, 3.05) is 45.3 Å². The Labute approximate surface area is 198 Å². The van der Waals surface area contributed by atoms with E-state index in [2.05, 4.69) is 20.3 Å². The van der Waals surface area contributed by atoms with Crippen LogP contribution in [-0.4, -0.2) is 70.4 Å². The van der Waals surface area contributed by atoms with Gasteiger partial charge in [0.15, 0.2) is 15.6 Å². The molecule has 2 aromatic rings. The molecule has 0 unspecified atom stereocenters. The number of hydrogen-bond donors (Lipinski definition) is 1. The van der Waals surface area contributed by atoms with Crippen LogP contribution < -0.4 is 5.32 Å². The van der Waals surface area contributed by atoms with Gasteiger partial charge in [0.25, 0.3) is 5.91 Å². The summed E-state index contributed by atoms with van der Waals surface area (Å²) in [5.74, 6) is -1.18. The van der Waals surface area contributed by atoms with Crippen molar-refractivity contribution in [1.29, 1.82) is 0 Å². The molecule has 0 aliphatic heterocycles. The Morgan fingerprint density at radius 3 is 2.44 bits per heavy atom. The number of rotatable bonds is 15. The Bertz CT molecular complexity index is 1110. The molecule has 12 heteroatoms. The zero-order valence-corrected chi connectivity index (χ0v) is 19.7. The van der Waals surface area contributed by atoms with E-state index in [1.807, 2.05) is 6.92 Å². The van der Waals surface area contributed by atoms with Crippen molar-refractivity contribution in [3.8, 4) is 0 Å². The molecule has 0 radical (unpaired) electrons. The van der Waals surface area contributed by atoms with E-state index in [1.165, 1.54) is 30.6 Å². The van der Waals surface area contributed by atoms with Crippen LogP contribution in [0.1, 0.15) is 32.7 Å². The highest BCUT2D eigenvalue weighted by Gasteiger charge is 2.18. The first-order chi connectivity index (χ1) is 16.3. The van der Waals surface area contributed by atoms with Crippen LogP contribution in [0.4, 0.5) is 0 Å². The zero-order valence-electron chi connectivity index (χ0n) is 18.8. The molecule has 1 amide bonds. The number of carbonyl (C=O) groups excluding carboxylic acids is 2. The highest BCUT2D eigenvalue weighted by Crippen LogP contribution is 2.15. The number of Topliss-reactive ketones (excluding diaryl/α,β-unsaturated/α-hetero) is 1. The van der Waals surface area contributed by atoms with Gasteiger partial charge in [0, 0.05) is 42.4 Å². The van der Waals surface area contributed by atoms with Crippen LogP contribution in [0.15, 0.2) is 52.7 Å². The summed E-state index contributed by atoms with van der Waals surface area (Å²) in [6.07, 6.45) is 2.41. The van der Waals surface area contributed by atoms with Crippen molar-refractivity contribution in [3.63, 3.8) is 0 Å². The van der Waals surface area contributed by atoms with Crippen molar-refractivity contribution in [2.45, 2.75) is 18.2 Å². The summed E-state index contributed by atoms with van der Waals surface area (Å²) < 4.78 is 35.4. The van der Waals surface area contributed by atoms with Gasteiger partial charge in [-0.3, -0.25) is 14.6 Å². The maximum atomic E-state index is 12.5. The molecule has 0 aliphatic rings. The molecule has 1 aromatic heterocycles. The Balaban J connectivity index is 1.76. The second kappa shape index (κ2) is 14.1. The predicted octanol–water partition coefficient (Wildman–Crippen LogP) is 2.51. The number of amides is 1. The monoisotopic (exact) mass is 489 g/mol. The Kier molecular flexibility index (Phi) is 11.1. The number of sulfone groups is 1. The standard InChI is InChI=1S/C22H27N5O6S/c1-17-2-4-20(5-3-17)34(30,31)13-6-21(28)18-14-19(16-24-15-18)22(29)25-7-9-32-11-12-33-10-8-26-27-23/h2-5,14-16H,6-13H2,1H3,(H,25,29). The highest BCUT2D eigenvalue weighted by molar-refractivity contribution is 7.91. The molecule has 0 saturated heterocycles. The van der Waals surface area contributed by atoms with Gasteiger partial charge in [-0.1, -0.05) is 22.8 Å². The van der Waals surface area contributed by atoms with Gasteiger partial charge in [-0.25, -0.2) is 8.42 Å². The zero-order chi connectivity index (χ0) is 24.8. The van der Waals surface area contributed by atoms with Crippen LogP contribution in [0.2, 0.25) is 0 Å². The van der Waals surface area contributed by atoms with E-state index in [1.54, 1.807) is 12.1 Å². The lowest BCUT2D eigenvalue weighted by Crippen LogP contribution is -2.28. The lowest BCUT2D eigenvalue weighted by molar-refractivity contribution is 0.0511. The lowest BCUT2D eigenvalue weighted by Gasteiger charge is -2.08. The molecule has 34 heavy (non-hydrogen) atoms. The molecular formula is C22H27N5O6S.